The van der Waals surface area contributed by atoms with Gasteiger partial charge in [0, 0.05) is 0 Å². The first kappa shape index (κ1) is 14.1. The molecule has 0 rings (SSSR count). The highest BCUT2D eigenvalue weighted by molar-refractivity contribution is 7.46. The average Bonchev–Trinajstić information content (AvgIpc) is 1.85. The summed E-state index contributed by atoms with van der Waals surface area (Å²) in [5.41, 5.74) is 4.53. The monoisotopic (exact) mass is 217 g/mol. The van der Waals surface area contributed by atoms with Crippen LogP contribution in [-0.2, 0) is 18.2 Å². The molecule has 0 aromatic heterocycles. The predicted molar refractivity (Wildman–Crippen MR) is 42.9 cm³/mol. The van der Waals surface area contributed by atoms with Crippen molar-refractivity contribution in [2.75, 3.05) is 0 Å². The van der Waals surface area contributed by atoms with Crippen LogP contribution in [0, 0.1) is 0 Å². The Morgan fingerprint density at radius 1 is 1.42 bits per heavy atom. The Hall–Kier alpha value is -0.450. The van der Waals surface area contributed by atoms with Crippen LogP contribution in [0.1, 0.15) is 0 Å². The van der Waals surface area contributed by atoms with Gasteiger partial charge in [0.15, 0.2) is 0 Å². The maximum absolute atomic E-state index is 9.47. The highest BCUT2D eigenvalue weighted by Crippen LogP contribution is 2.30. The second kappa shape index (κ2) is 8.64. The predicted octanol–water partition coefficient (Wildman–Crippen LogP) is -0.575. The minimum absolute atomic E-state index is 0.481. The highest BCUT2D eigenvalue weighted by atomic mass is 31.2. The van der Waals surface area contributed by atoms with Crippen LogP contribution in [-0.4, -0.2) is 15.7 Å². The van der Waals surface area contributed by atoms with Crippen LogP contribution in [0.4, 0.5) is 0 Å². The lowest BCUT2D eigenvalue weighted by molar-refractivity contribution is -0.113. The number of amides is 1. The third-order valence-electron chi connectivity index (χ3n) is 0.376. The van der Waals surface area contributed by atoms with Crippen molar-refractivity contribution in [3.8, 4) is 0 Å². The number of primary amides is 1. The molecular weight excluding hydrogens is 208 g/mol. The molecule has 0 spiro atoms. The molecule has 0 aliphatic rings. The summed E-state index contributed by atoms with van der Waals surface area (Å²) in [4.78, 5) is 24.9. The third-order valence-corrected chi connectivity index (χ3v) is 1.77. The van der Waals surface area contributed by atoms with Gasteiger partial charge >= 0.3 is 16.5 Å². The van der Waals surface area contributed by atoms with E-state index in [0.29, 0.717) is 0 Å². The van der Waals surface area contributed by atoms with Crippen LogP contribution in [0.25, 0.3) is 0 Å². The summed E-state index contributed by atoms with van der Waals surface area (Å²) in [6, 6.07) is 0. The van der Waals surface area contributed by atoms with Gasteiger partial charge in [0.2, 0.25) is 5.91 Å². The van der Waals surface area contributed by atoms with Crippen molar-refractivity contribution in [2.45, 2.75) is 0 Å². The van der Waals surface area contributed by atoms with Gasteiger partial charge in [0.05, 0.1) is 0 Å². The molecule has 12 heavy (non-hydrogen) atoms. The molecule has 0 fully saturated rings. The summed E-state index contributed by atoms with van der Waals surface area (Å²) in [6.07, 6.45) is 1.06. The van der Waals surface area contributed by atoms with Gasteiger partial charge in [-0.1, -0.05) is 6.58 Å². The van der Waals surface area contributed by atoms with E-state index in [-0.39, 0.29) is 0 Å². The van der Waals surface area contributed by atoms with Crippen molar-refractivity contribution < 1.29 is 28.0 Å². The summed E-state index contributed by atoms with van der Waals surface area (Å²) in [7, 11) is -6.40. The second-order valence-electron chi connectivity index (χ2n) is 1.24. The van der Waals surface area contributed by atoms with Crippen LogP contribution in [0.3, 0.4) is 0 Å². The fraction of sp³-hybridized carbons (Fsp3) is 0. The van der Waals surface area contributed by atoms with Gasteiger partial charge in [-0.25, -0.2) is 4.31 Å². The quantitative estimate of drug-likeness (QED) is 0.428. The zero-order valence-electron chi connectivity index (χ0n) is 5.89. The number of carbonyl (C=O) groups excluding carboxylic acids is 1. The first-order chi connectivity index (χ1) is 5.40. The Balaban J connectivity index is 0. The Labute approximate surface area is 69.7 Å². The first-order valence-corrected chi connectivity index (χ1v) is 4.98. The lowest BCUT2D eigenvalue weighted by atomic mass is 10.6. The summed E-state index contributed by atoms with van der Waals surface area (Å²) in [5.74, 6) is -0.481. The standard InChI is InChI=1S/C3H5NO.H4O5P2/c1-2-3(4)5;1-6(2)5-7(3)4/h2H,1H2,(H2,4,5);6-7H,(H,1,2)(H,3,4). The highest BCUT2D eigenvalue weighted by Gasteiger charge is 1.93. The van der Waals surface area contributed by atoms with E-state index < -0.39 is 22.4 Å². The van der Waals surface area contributed by atoms with Gasteiger partial charge < -0.3 is 15.5 Å². The van der Waals surface area contributed by atoms with Gasteiger partial charge in [-0.2, -0.15) is 0 Å². The van der Waals surface area contributed by atoms with E-state index in [0.717, 1.165) is 6.08 Å². The molecule has 0 saturated heterocycles. The number of hydrogen-bond acceptors (Lipinski definition) is 4. The molecule has 1 amide bonds. The van der Waals surface area contributed by atoms with Crippen LogP contribution in [0.5, 0.6) is 0 Å². The molecule has 2 unspecified atom stereocenters. The van der Waals surface area contributed by atoms with Gasteiger partial charge in [-0.3, -0.25) is 13.9 Å². The van der Waals surface area contributed by atoms with Crippen molar-refractivity contribution in [2.24, 2.45) is 5.73 Å². The molecule has 0 aliphatic heterocycles. The molecule has 4 N–H and O–H groups in total. The molecule has 0 aromatic rings. The fourth-order valence-corrected chi connectivity index (χ4v) is 0.672. The summed E-state index contributed by atoms with van der Waals surface area (Å²) in [5, 5.41) is 0. The van der Waals surface area contributed by atoms with Gasteiger partial charge in [-0.15, -0.1) is 0 Å². The van der Waals surface area contributed by atoms with Gasteiger partial charge in [0.1, 0.15) is 0 Å². The lowest BCUT2D eigenvalue weighted by Crippen LogP contribution is -2.04. The molecule has 7 nitrogen and oxygen atoms in total. The summed E-state index contributed by atoms with van der Waals surface area (Å²) in [6.45, 7) is 3.09. The maximum atomic E-state index is 9.47. The molecule has 72 valence electrons. The van der Waals surface area contributed by atoms with Crippen molar-refractivity contribution in [3.05, 3.63) is 12.7 Å². The lowest BCUT2D eigenvalue weighted by Gasteiger charge is -1.86. The largest absolute Gasteiger partial charge is 0.366 e. The van der Waals surface area contributed by atoms with Crippen LogP contribution in [0.15, 0.2) is 12.7 Å². The SMILES string of the molecule is C=CC(N)=O.O=[PH](O)O[PH](=O)O. The molecule has 0 radical (unpaired) electrons. The fourth-order valence-electron chi connectivity index (χ4n) is 0.0747. The van der Waals surface area contributed by atoms with E-state index in [9.17, 15) is 13.9 Å². The van der Waals surface area contributed by atoms with E-state index in [2.05, 4.69) is 16.6 Å². The van der Waals surface area contributed by atoms with Crippen molar-refractivity contribution in [1.82, 2.24) is 0 Å². The molecule has 9 heteroatoms. The van der Waals surface area contributed by atoms with E-state index in [1.165, 1.54) is 0 Å². The first-order valence-electron chi connectivity index (χ1n) is 2.45. The average molecular weight is 217 g/mol. The molecule has 0 heterocycles. The van der Waals surface area contributed by atoms with E-state index in [4.69, 9.17) is 9.79 Å². The van der Waals surface area contributed by atoms with Crippen LogP contribution in [0.2, 0.25) is 0 Å². The van der Waals surface area contributed by atoms with Gasteiger partial charge in [0.25, 0.3) is 0 Å². The third kappa shape index (κ3) is 22.7. The second-order valence-corrected chi connectivity index (χ2v) is 3.12. The Bertz CT molecular complexity index is 191. The minimum atomic E-state index is -3.20. The zero-order chi connectivity index (χ0) is 10.1. The molecule has 0 bridgehead atoms. The number of carbonyl (C=O) groups is 1. The van der Waals surface area contributed by atoms with Crippen molar-refractivity contribution in [3.63, 3.8) is 0 Å². The molecule has 0 aromatic carbocycles. The van der Waals surface area contributed by atoms with E-state index >= 15 is 0 Å². The van der Waals surface area contributed by atoms with Gasteiger partial charge in [-0.05, 0) is 6.08 Å². The topological polar surface area (TPSA) is 127 Å². The van der Waals surface area contributed by atoms with Crippen molar-refractivity contribution in [1.29, 1.82) is 0 Å². The molecular formula is C3H9NO6P2. The zero-order valence-corrected chi connectivity index (χ0v) is 7.89. The summed E-state index contributed by atoms with van der Waals surface area (Å²) < 4.78 is 22.3. The molecule has 2 atom stereocenters. The van der Waals surface area contributed by atoms with Crippen LogP contribution < -0.4 is 5.73 Å². The molecule has 0 saturated carbocycles. The Morgan fingerprint density at radius 2 is 1.67 bits per heavy atom. The normalized spacial score (nSPS) is 13.5. The Kier molecular flexibility index (Phi) is 10.2. The summed E-state index contributed by atoms with van der Waals surface area (Å²) >= 11 is 0. The molecule has 0 aliphatic carbocycles. The van der Waals surface area contributed by atoms with Crippen molar-refractivity contribution >= 4 is 22.4 Å². The number of rotatable bonds is 3. The maximum Gasteiger partial charge on any atom is 0.323 e. The number of hydrogen-bond donors (Lipinski definition) is 3. The smallest absolute Gasteiger partial charge is 0.323 e. The van der Waals surface area contributed by atoms with E-state index in [1.807, 2.05) is 0 Å². The van der Waals surface area contributed by atoms with E-state index in [1.54, 1.807) is 0 Å². The van der Waals surface area contributed by atoms with Crippen LogP contribution >= 0.6 is 16.5 Å². The Morgan fingerprint density at radius 3 is 1.67 bits per heavy atom. The number of nitrogens with two attached hydrogens (primary N) is 1. The minimum Gasteiger partial charge on any atom is -0.366 e.